The molecule has 1 aliphatic heterocycles. The van der Waals surface area contributed by atoms with Crippen LogP contribution in [0.3, 0.4) is 0 Å². The minimum Gasteiger partial charge on any atom is -0.497 e. The number of carbonyl (C=O) groups excluding carboxylic acids is 1. The van der Waals surface area contributed by atoms with Gasteiger partial charge in [0.15, 0.2) is 11.5 Å². The molecule has 132 valence electrons. The average Bonchev–Trinajstić information content (AvgIpc) is 2.66. The summed E-state index contributed by atoms with van der Waals surface area (Å²) in [6, 6.07) is 13.7. The summed E-state index contributed by atoms with van der Waals surface area (Å²) in [6.07, 6.45) is 1.97. The molecule has 0 aromatic heterocycles. The van der Waals surface area contributed by atoms with E-state index in [-0.39, 0.29) is 5.91 Å². The molecule has 25 heavy (non-hydrogen) atoms. The molecule has 0 spiro atoms. The Labute approximate surface area is 147 Å². The Kier molecular flexibility index (Phi) is 5.77. The van der Waals surface area contributed by atoms with Crippen LogP contribution in [0.2, 0.25) is 0 Å². The number of hydrogen-bond acceptors (Lipinski definition) is 4. The van der Waals surface area contributed by atoms with Crippen molar-refractivity contribution in [1.82, 2.24) is 5.32 Å². The summed E-state index contributed by atoms with van der Waals surface area (Å²) in [6.45, 7) is 1.79. The van der Waals surface area contributed by atoms with Crippen molar-refractivity contribution in [2.75, 3.05) is 26.9 Å². The molecule has 1 N–H and O–H groups in total. The van der Waals surface area contributed by atoms with Crippen molar-refractivity contribution >= 4 is 5.91 Å². The fraction of sp³-hybridized carbons (Fsp3) is 0.350. The zero-order chi connectivity index (χ0) is 17.5. The van der Waals surface area contributed by atoms with Gasteiger partial charge in [-0.2, -0.15) is 0 Å². The van der Waals surface area contributed by atoms with E-state index >= 15 is 0 Å². The lowest BCUT2D eigenvalue weighted by Crippen LogP contribution is -2.26. The molecule has 3 rings (SSSR count). The number of benzene rings is 2. The monoisotopic (exact) mass is 341 g/mol. The average molecular weight is 341 g/mol. The molecule has 0 fully saturated rings. The lowest BCUT2D eigenvalue weighted by atomic mass is 10.1. The number of aryl methyl sites for hydroxylation is 1. The molecule has 0 saturated heterocycles. The number of ether oxygens (including phenoxy) is 3. The minimum absolute atomic E-state index is 0.0633. The molecule has 1 heterocycles. The summed E-state index contributed by atoms with van der Waals surface area (Å²) in [5, 5.41) is 2.97. The third kappa shape index (κ3) is 4.89. The van der Waals surface area contributed by atoms with E-state index in [0.29, 0.717) is 26.2 Å². The van der Waals surface area contributed by atoms with Gasteiger partial charge in [0.05, 0.1) is 7.11 Å². The number of hydrogen-bond donors (Lipinski definition) is 1. The van der Waals surface area contributed by atoms with Gasteiger partial charge in [-0.15, -0.1) is 0 Å². The zero-order valence-corrected chi connectivity index (χ0v) is 14.4. The van der Waals surface area contributed by atoms with E-state index in [2.05, 4.69) is 5.32 Å². The predicted molar refractivity (Wildman–Crippen MR) is 95.5 cm³/mol. The van der Waals surface area contributed by atoms with Gasteiger partial charge in [-0.3, -0.25) is 4.79 Å². The quantitative estimate of drug-likeness (QED) is 0.841. The molecule has 1 aliphatic rings. The Morgan fingerprint density at radius 3 is 2.48 bits per heavy atom. The third-order valence-corrected chi connectivity index (χ3v) is 4.14. The normalized spacial score (nSPS) is 12.5. The Bertz CT molecular complexity index is 712. The van der Waals surface area contributed by atoms with Crippen LogP contribution < -0.4 is 19.5 Å². The first kappa shape index (κ1) is 17.1. The zero-order valence-electron chi connectivity index (χ0n) is 14.4. The SMILES string of the molecule is COc1ccc(CCC(=O)NCCc2ccc3c(c2)OCCO3)cc1. The number of amides is 1. The molecule has 0 atom stereocenters. The van der Waals surface area contributed by atoms with E-state index < -0.39 is 0 Å². The molecule has 5 heteroatoms. The molecule has 0 unspecified atom stereocenters. The van der Waals surface area contributed by atoms with E-state index in [0.717, 1.165) is 41.2 Å². The van der Waals surface area contributed by atoms with Gasteiger partial charge in [-0.05, 0) is 48.2 Å². The molecular formula is C20H23NO4. The molecule has 0 aliphatic carbocycles. The smallest absolute Gasteiger partial charge is 0.220 e. The van der Waals surface area contributed by atoms with Crippen LogP contribution in [0.25, 0.3) is 0 Å². The second-order valence-corrected chi connectivity index (χ2v) is 5.93. The van der Waals surface area contributed by atoms with E-state index in [4.69, 9.17) is 14.2 Å². The van der Waals surface area contributed by atoms with Crippen molar-refractivity contribution < 1.29 is 19.0 Å². The van der Waals surface area contributed by atoms with Crippen molar-refractivity contribution in [3.05, 3.63) is 53.6 Å². The third-order valence-electron chi connectivity index (χ3n) is 4.14. The van der Waals surface area contributed by atoms with Crippen molar-refractivity contribution in [1.29, 1.82) is 0 Å². The van der Waals surface area contributed by atoms with Crippen LogP contribution in [0, 0.1) is 0 Å². The first-order valence-electron chi connectivity index (χ1n) is 8.53. The number of methoxy groups -OCH3 is 1. The fourth-order valence-corrected chi connectivity index (χ4v) is 2.73. The second kappa shape index (κ2) is 8.42. The molecule has 0 bridgehead atoms. The van der Waals surface area contributed by atoms with Crippen molar-refractivity contribution in [3.63, 3.8) is 0 Å². The van der Waals surface area contributed by atoms with Crippen LogP contribution in [0.15, 0.2) is 42.5 Å². The summed E-state index contributed by atoms with van der Waals surface area (Å²) in [7, 11) is 1.64. The van der Waals surface area contributed by atoms with Crippen LogP contribution in [0.4, 0.5) is 0 Å². The minimum atomic E-state index is 0.0633. The predicted octanol–water partition coefficient (Wildman–Crippen LogP) is 2.76. The maximum absolute atomic E-state index is 12.0. The highest BCUT2D eigenvalue weighted by molar-refractivity contribution is 5.76. The van der Waals surface area contributed by atoms with E-state index in [1.165, 1.54) is 0 Å². The van der Waals surface area contributed by atoms with Gasteiger partial charge in [-0.1, -0.05) is 18.2 Å². The molecule has 0 radical (unpaired) electrons. The van der Waals surface area contributed by atoms with Crippen LogP contribution in [0.1, 0.15) is 17.5 Å². The highest BCUT2D eigenvalue weighted by Gasteiger charge is 2.11. The summed E-state index contributed by atoms with van der Waals surface area (Å²) in [4.78, 5) is 12.0. The Hall–Kier alpha value is -2.69. The maximum atomic E-state index is 12.0. The molecule has 2 aromatic carbocycles. The molecule has 1 amide bonds. The first-order valence-corrected chi connectivity index (χ1v) is 8.53. The first-order chi connectivity index (χ1) is 12.2. The molecule has 5 nitrogen and oxygen atoms in total. The summed E-state index contributed by atoms with van der Waals surface area (Å²) >= 11 is 0. The summed E-state index contributed by atoms with van der Waals surface area (Å²) in [5.41, 5.74) is 2.25. The fourth-order valence-electron chi connectivity index (χ4n) is 2.73. The van der Waals surface area contributed by atoms with Crippen LogP contribution >= 0.6 is 0 Å². The van der Waals surface area contributed by atoms with Crippen LogP contribution in [0.5, 0.6) is 17.2 Å². The standard InChI is InChI=1S/C20H23NO4/c1-23-17-6-2-15(3-7-17)5-9-20(22)21-11-10-16-4-8-18-19(14-16)25-13-12-24-18/h2-4,6-8,14H,5,9-13H2,1H3,(H,21,22). The Morgan fingerprint density at radius 2 is 1.72 bits per heavy atom. The Balaban J connectivity index is 1.40. The van der Waals surface area contributed by atoms with Gasteiger partial charge in [0.1, 0.15) is 19.0 Å². The number of nitrogens with one attached hydrogen (secondary N) is 1. The van der Waals surface area contributed by atoms with Gasteiger partial charge in [0.25, 0.3) is 0 Å². The topological polar surface area (TPSA) is 56.8 Å². The lowest BCUT2D eigenvalue weighted by Gasteiger charge is -2.18. The van der Waals surface area contributed by atoms with Crippen molar-refractivity contribution in [2.45, 2.75) is 19.3 Å². The summed E-state index contributed by atoms with van der Waals surface area (Å²) in [5.74, 6) is 2.47. The Morgan fingerprint density at radius 1 is 1.00 bits per heavy atom. The highest BCUT2D eigenvalue weighted by Crippen LogP contribution is 2.30. The largest absolute Gasteiger partial charge is 0.497 e. The number of carbonyl (C=O) groups is 1. The van der Waals surface area contributed by atoms with E-state index in [1.807, 2.05) is 42.5 Å². The summed E-state index contributed by atoms with van der Waals surface area (Å²) < 4.78 is 16.2. The van der Waals surface area contributed by atoms with Crippen molar-refractivity contribution in [3.8, 4) is 17.2 Å². The van der Waals surface area contributed by atoms with Gasteiger partial charge in [0.2, 0.25) is 5.91 Å². The van der Waals surface area contributed by atoms with E-state index in [1.54, 1.807) is 7.11 Å². The number of rotatable bonds is 7. The van der Waals surface area contributed by atoms with Gasteiger partial charge in [0, 0.05) is 13.0 Å². The molecular weight excluding hydrogens is 318 g/mol. The number of fused-ring (bicyclic) bond motifs is 1. The van der Waals surface area contributed by atoms with Gasteiger partial charge >= 0.3 is 0 Å². The molecule has 0 saturated carbocycles. The highest BCUT2D eigenvalue weighted by atomic mass is 16.6. The van der Waals surface area contributed by atoms with Gasteiger partial charge in [-0.25, -0.2) is 0 Å². The maximum Gasteiger partial charge on any atom is 0.220 e. The van der Waals surface area contributed by atoms with Gasteiger partial charge < -0.3 is 19.5 Å². The lowest BCUT2D eigenvalue weighted by molar-refractivity contribution is -0.121. The molecule has 2 aromatic rings. The second-order valence-electron chi connectivity index (χ2n) is 5.93. The van der Waals surface area contributed by atoms with Crippen LogP contribution in [-0.2, 0) is 17.6 Å². The van der Waals surface area contributed by atoms with E-state index in [9.17, 15) is 4.79 Å². The van der Waals surface area contributed by atoms with Crippen molar-refractivity contribution in [2.24, 2.45) is 0 Å². The van der Waals surface area contributed by atoms with Crippen LogP contribution in [-0.4, -0.2) is 32.8 Å².